The van der Waals surface area contributed by atoms with E-state index in [1.54, 1.807) is 6.26 Å². The molecule has 0 aliphatic carbocycles. The van der Waals surface area contributed by atoms with Crippen molar-refractivity contribution in [1.29, 1.82) is 0 Å². The number of furan rings is 1. The molecule has 2 aromatic rings. The fraction of sp³-hybridized carbons (Fsp3) is 0.421. The summed E-state index contributed by atoms with van der Waals surface area (Å²) in [5.74, 6) is 0.882. The van der Waals surface area contributed by atoms with Gasteiger partial charge in [0.1, 0.15) is 5.76 Å². The summed E-state index contributed by atoms with van der Waals surface area (Å²) in [5.41, 5.74) is 1.75. The van der Waals surface area contributed by atoms with Crippen LogP contribution in [-0.2, 0) is 13.2 Å². The lowest BCUT2D eigenvalue weighted by Gasteiger charge is -2.26. The second kappa shape index (κ2) is 8.69. The summed E-state index contributed by atoms with van der Waals surface area (Å²) >= 11 is 0. The number of urea groups is 1. The Morgan fingerprint density at radius 1 is 1.12 bits per heavy atom. The molecule has 134 valence electrons. The Morgan fingerprint density at radius 2 is 1.88 bits per heavy atom. The zero-order valence-electron chi connectivity index (χ0n) is 14.3. The van der Waals surface area contributed by atoms with E-state index in [1.165, 1.54) is 12.8 Å². The van der Waals surface area contributed by atoms with Crippen molar-refractivity contribution in [1.82, 2.24) is 15.5 Å². The molecular formula is C19H25N3O3. The number of aliphatic hydroxyl groups is 1. The maximum Gasteiger partial charge on any atom is 0.315 e. The van der Waals surface area contributed by atoms with Gasteiger partial charge in [0, 0.05) is 13.1 Å². The predicted octanol–water partition coefficient (Wildman–Crippen LogP) is 2.41. The van der Waals surface area contributed by atoms with E-state index in [9.17, 15) is 9.90 Å². The first-order valence-electron chi connectivity index (χ1n) is 8.74. The van der Waals surface area contributed by atoms with Gasteiger partial charge in [0.05, 0.1) is 18.9 Å². The SMILES string of the molecule is O=C(NCc1ccccc1CO)NC[C@@H](c1ccco1)N1CCCC1. The first kappa shape index (κ1) is 17.5. The van der Waals surface area contributed by atoms with Crippen LogP contribution in [0.4, 0.5) is 4.79 Å². The van der Waals surface area contributed by atoms with E-state index < -0.39 is 0 Å². The van der Waals surface area contributed by atoms with Crippen LogP contribution in [0.15, 0.2) is 47.1 Å². The van der Waals surface area contributed by atoms with Crippen LogP contribution in [0, 0.1) is 0 Å². The number of nitrogens with one attached hydrogen (secondary N) is 2. The first-order chi connectivity index (χ1) is 12.3. The molecule has 1 aliphatic heterocycles. The fourth-order valence-corrected chi connectivity index (χ4v) is 3.26. The van der Waals surface area contributed by atoms with Crippen LogP contribution < -0.4 is 10.6 Å². The fourth-order valence-electron chi connectivity index (χ4n) is 3.26. The van der Waals surface area contributed by atoms with E-state index in [4.69, 9.17) is 4.42 Å². The number of benzene rings is 1. The zero-order chi connectivity index (χ0) is 17.5. The van der Waals surface area contributed by atoms with Gasteiger partial charge in [-0.15, -0.1) is 0 Å². The topological polar surface area (TPSA) is 77.7 Å². The Bertz CT molecular complexity index is 666. The third-order valence-electron chi connectivity index (χ3n) is 4.64. The maximum atomic E-state index is 12.2. The number of carbonyl (C=O) groups excluding carboxylic acids is 1. The van der Waals surface area contributed by atoms with Gasteiger partial charge in [-0.1, -0.05) is 24.3 Å². The van der Waals surface area contributed by atoms with Crippen molar-refractivity contribution in [3.8, 4) is 0 Å². The summed E-state index contributed by atoms with van der Waals surface area (Å²) in [6.07, 6.45) is 4.03. The Morgan fingerprint density at radius 3 is 2.56 bits per heavy atom. The smallest absolute Gasteiger partial charge is 0.315 e. The Hall–Kier alpha value is -2.31. The molecule has 1 atom stereocenters. The van der Waals surface area contributed by atoms with Crippen LogP contribution in [0.5, 0.6) is 0 Å². The Kier molecular flexibility index (Phi) is 6.09. The molecule has 1 aliphatic rings. The van der Waals surface area contributed by atoms with E-state index >= 15 is 0 Å². The summed E-state index contributed by atoms with van der Waals surface area (Å²) in [6.45, 7) is 2.91. The van der Waals surface area contributed by atoms with Crippen LogP contribution in [0.2, 0.25) is 0 Å². The molecule has 0 unspecified atom stereocenters. The van der Waals surface area contributed by atoms with Crippen LogP contribution in [0.3, 0.4) is 0 Å². The number of rotatable bonds is 7. The van der Waals surface area contributed by atoms with Crippen molar-refractivity contribution in [2.75, 3.05) is 19.6 Å². The van der Waals surface area contributed by atoms with Crippen LogP contribution in [-0.4, -0.2) is 35.7 Å². The summed E-state index contributed by atoms with van der Waals surface area (Å²) in [4.78, 5) is 14.5. The predicted molar refractivity (Wildman–Crippen MR) is 94.9 cm³/mol. The molecule has 6 heteroatoms. The van der Waals surface area contributed by atoms with Gasteiger partial charge in [-0.2, -0.15) is 0 Å². The Labute approximate surface area is 147 Å². The van der Waals surface area contributed by atoms with Crippen molar-refractivity contribution in [2.24, 2.45) is 0 Å². The van der Waals surface area contributed by atoms with E-state index in [0.29, 0.717) is 13.1 Å². The van der Waals surface area contributed by atoms with Crippen molar-refractivity contribution in [3.05, 3.63) is 59.5 Å². The molecule has 1 aromatic heterocycles. The maximum absolute atomic E-state index is 12.2. The van der Waals surface area contributed by atoms with Crippen molar-refractivity contribution in [3.63, 3.8) is 0 Å². The molecule has 0 saturated carbocycles. The monoisotopic (exact) mass is 343 g/mol. The van der Waals surface area contributed by atoms with Crippen molar-refractivity contribution in [2.45, 2.75) is 32.0 Å². The van der Waals surface area contributed by atoms with Crippen LogP contribution in [0.25, 0.3) is 0 Å². The standard InChI is InChI=1S/C19H25N3O3/c23-14-16-7-2-1-6-15(16)12-20-19(24)21-13-17(18-8-5-11-25-18)22-9-3-4-10-22/h1-2,5-8,11,17,23H,3-4,9-10,12-14H2,(H2,20,21,24)/t17-/m0/s1. The molecule has 3 rings (SSSR count). The molecule has 6 nitrogen and oxygen atoms in total. The number of aliphatic hydroxyl groups excluding tert-OH is 1. The number of hydrogen-bond acceptors (Lipinski definition) is 4. The van der Waals surface area contributed by atoms with Crippen molar-refractivity contribution < 1.29 is 14.3 Å². The van der Waals surface area contributed by atoms with Crippen LogP contribution >= 0.6 is 0 Å². The molecule has 2 amide bonds. The minimum absolute atomic E-state index is 0.0327. The lowest BCUT2D eigenvalue weighted by atomic mass is 10.1. The van der Waals surface area contributed by atoms with E-state index in [0.717, 1.165) is 30.0 Å². The van der Waals surface area contributed by atoms with Gasteiger partial charge in [0.15, 0.2) is 0 Å². The quantitative estimate of drug-likeness (QED) is 0.721. The van der Waals surface area contributed by atoms with Gasteiger partial charge >= 0.3 is 6.03 Å². The highest BCUT2D eigenvalue weighted by Crippen LogP contribution is 2.24. The average Bonchev–Trinajstić information content (AvgIpc) is 3.35. The van der Waals surface area contributed by atoms with E-state index in [1.807, 2.05) is 36.4 Å². The lowest BCUT2D eigenvalue weighted by molar-refractivity contribution is 0.203. The van der Waals surface area contributed by atoms with E-state index in [-0.39, 0.29) is 18.7 Å². The highest BCUT2D eigenvalue weighted by atomic mass is 16.3. The molecule has 0 bridgehead atoms. The summed E-state index contributed by atoms with van der Waals surface area (Å²) in [6, 6.07) is 11.2. The zero-order valence-corrected chi connectivity index (χ0v) is 14.3. The molecule has 1 aromatic carbocycles. The van der Waals surface area contributed by atoms with Crippen LogP contribution in [0.1, 0.15) is 35.8 Å². The third kappa shape index (κ3) is 4.61. The number of hydrogen-bond donors (Lipinski definition) is 3. The second-order valence-corrected chi connectivity index (χ2v) is 6.26. The largest absolute Gasteiger partial charge is 0.468 e. The summed E-state index contributed by atoms with van der Waals surface area (Å²) < 4.78 is 5.56. The second-order valence-electron chi connectivity index (χ2n) is 6.26. The van der Waals surface area contributed by atoms with Gasteiger partial charge in [-0.3, -0.25) is 4.90 Å². The Balaban J connectivity index is 1.53. The molecule has 2 heterocycles. The number of nitrogens with zero attached hydrogens (tertiary/aromatic N) is 1. The highest BCUT2D eigenvalue weighted by Gasteiger charge is 2.25. The molecule has 25 heavy (non-hydrogen) atoms. The minimum atomic E-state index is -0.219. The van der Waals surface area contributed by atoms with E-state index in [2.05, 4.69) is 15.5 Å². The van der Waals surface area contributed by atoms with Crippen molar-refractivity contribution >= 4 is 6.03 Å². The molecule has 0 radical (unpaired) electrons. The molecular weight excluding hydrogens is 318 g/mol. The van der Waals surface area contributed by atoms with Gasteiger partial charge in [-0.25, -0.2) is 4.79 Å². The third-order valence-corrected chi connectivity index (χ3v) is 4.64. The van der Waals surface area contributed by atoms with Gasteiger partial charge in [0.25, 0.3) is 0 Å². The van der Waals surface area contributed by atoms with Gasteiger partial charge < -0.3 is 20.2 Å². The molecule has 3 N–H and O–H groups in total. The van der Waals surface area contributed by atoms with Gasteiger partial charge in [0.2, 0.25) is 0 Å². The molecule has 1 saturated heterocycles. The number of carbonyl (C=O) groups is 1. The molecule has 0 spiro atoms. The normalized spacial score (nSPS) is 15.9. The lowest BCUT2D eigenvalue weighted by Crippen LogP contribution is -2.41. The number of likely N-dealkylation sites (tertiary alicyclic amines) is 1. The summed E-state index contributed by atoms with van der Waals surface area (Å²) in [5, 5.41) is 15.1. The highest BCUT2D eigenvalue weighted by molar-refractivity contribution is 5.73. The summed E-state index contributed by atoms with van der Waals surface area (Å²) in [7, 11) is 0. The number of amides is 2. The first-order valence-corrected chi connectivity index (χ1v) is 8.74. The molecule has 1 fully saturated rings. The minimum Gasteiger partial charge on any atom is -0.468 e. The van der Waals surface area contributed by atoms with Gasteiger partial charge in [-0.05, 0) is 49.2 Å². The average molecular weight is 343 g/mol.